The fraction of sp³-hybridized carbons (Fsp3) is 0.944. The van der Waals surface area contributed by atoms with Crippen molar-refractivity contribution in [1.29, 1.82) is 0 Å². The van der Waals surface area contributed by atoms with E-state index in [9.17, 15) is 9.90 Å². The van der Waals surface area contributed by atoms with E-state index in [4.69, 9.17) is 0 Å². The predicted molar refractivity (Wildman–Crippen MR) is 93.4 cm³/mol. The zero-order valence-electron chi connectivity index (χ0n) is 15.0. The first-order valence-corrected chi connectivity index (χ1v) is 9.52. The van der Waals surface area contributed by atoms with E-state index >= 15 is 0 Å². The number of aliphatic hydroxyl groups is 1. The number of carbonyl (C=O) groups excluding carboxylic acids is 1. The van der Waals surface area contributed by atoms with Crippen LogP contribution in [0.25, 0.3) is 0 Å². The van der Waals surface area contributed by atoms with Gasteiger partial charge in [0.15, 0.2) is 0 Å². The minimum Gasteiger partial charge on any atom is -0.392 e. The number of nitrogens with zero attached hydrogens (tertiary/aromatic N) is 2. The van der Waals surface area contributed by atoms with Crippen LogP contribution in [0.5, 0.6) is 0 Å². The number of hydrogen-bond acceptors (Lipinski definition) is 4. The van der Waals surface area contributed by atoms with Gasteiger partial charge >= 0.3 is 0 Å². The normalized spacial score (nSPS) is 26.1. The number of aliphatic hydroxyl groups excluding tert-OH is 1. The Labute approximate surface area is 141 Å². The molecule has 0 bridgehead atoms. The Morgan fingerprint density at radius 1 is 1.26 bits per heavy atom. The second-order valence-electron chi connectivity index (χ2n) is 7.36. The van der Waals surface area contributed by atoms with Gasteiger partial charge in [-0.1, -0.05) is 26.2 Å². The van der Waals surface area contributed by atoms with Gasteiger partial charge in [0.05, 0.1) is 6.10 Å². The van der Waals surface area contributed by atoms with Crippen molar-refractivity contribution in [3.8, 4) is 0 Å². The van der Waals surface area contributed by atoms with Crippen molar-refractivity contribution in [3.05, 3.63) is 0 Å². The Kier molecular flexibility index (Phi) is 7.80. The van der Waals surface area contributed by atoms with Gasteiger partial charge in [-0.25, -0.2) is 0 Å². The molecule has 5 heteroatoms. The largest absolute Gasteiger partial charge is 0.392 e. The summed E-state index contributed by atoms with van der Waals surface area (Å²) in [6.07, 6.45) is 7.59. The number of β-amino-alcohol motifs (C(OH)–C–C–N with tert-alkyl or cyclic N) is 1. The van der Waals surface area contributed by atoms with Gasteiger partial charge < -0.3 is 10.4 Å². The zero-order valence-corrected chi connectivity index (χ0v) is 15.0. The third kappa shape index (κ3) is 6.40. The average Bonchev–Trinajstić information content (AvgIpc) is 2.54. The SMILES string of the molecule is CCC1CN(CCC(=O)NC2CCCCC2)CCN1CC(C)O. The Balaban J connectivity index is 1.68. The van der Waals surface area contributed by atoms with Gasteiger partial charge in [-0.05, 0) is 26.2 Å². The molecular weight excluding hydrogens is 290 g/mol. The fourth-order valence-corrected chi connectivity index (χ4v) is 3.93. The molecule has 0 aromatic rings. The van der Waals surface area contributed by atoms with Crippen LogP contribution >= 0.6 is 0 Å². The van der Waals surface area contributed by atoms with Crippen LogP contribution in [-0.2, 0) is 4.79 Å². The summed E-state index contributed by atoms with van der Waals surface area (Å²) < 4.78 is 0. The molecule has 2 unspecified atom stereocenters. The predicted octanol–water partition coefficient (Wildman–Crippen LogP) is 1.60. The highest BCUT2D eigenvalue weighted by atomic mass is 16.3. The summed E-state index contributed by atoms with van der Waals surface area (Å²) in [5.74, 6) is 0.219. The lowest BCUT2D eigenvalue weighted by molar-refractivity contribution is -0.122. The minimum atomic E-state index is -0.267. The second-order valence-corrected chi connectivity index (χ2v) is 7.36. The van der Waals surface area contributed by atoms with Gasteiger partial charge in [0.1, 0.15) is 0 Å². The molecule has 0 aromatic carbocycles. The monoisotopic (exact) mass is 325 g/mol. The lowest BCUT2D eigenvalue weighted by Gasteiger charge is -2.41. The summed E-state index contributed by atoms with van der Waals surface area (Å²) in [5, 5.41) is 12.8. The van der Waals surface area contributed by atoms with Crippen LogP contribution in [0.1, 0.15) is 58.8 Å². The third-order valence-corrected chi connectivity index (χ3v) is 5.28. The summed E-state index contributed by atoms with van der Waals surface area (Å²) in [7, 11) is 0. The lowest BCUT2D eigenvalue weighted by atomic mass is 9.95. The van der Waals surface area contributed by atoms with Crippen molar-refractivity contribution < 1.29 is 9.90 Å². The van der Waals surface area contributed by atoms with E-state index in [0.717, 1.165) is 52.0 Å². The molecule has 0 radical (unpaired) electrons. The minimum absolute atomic E-state index is 0.219. The van der Waals surface area contributed by atoms with E-state index in [0.29, 0.717) is 18.5 Å². The van der Waals surface area contributed by atoms with Gasteiger partial charge in [-0.3, -0.25) is 14.6 Å². The molecule has 1 amide bonds. The summed E-state index contributed by atoms with van der Waals surface area (Å²) in [6.45, 7) is 8.69. The maximum atomic E-state index is 12.1. The maximum Gasteiger partial charge on any atom is 0.221 e. The number of rotatable bonds is 7. The molecule has 2 fully saturated rings. The zero-order chi connectivity index (χ0) is 16.7. The highest BCUT2D eigenvalue weighted by Gasteiger charge is 2.26. The van der Waals surface area contributed by atoms with Gasteiger partial charge in [0.25, 0.3) is 0 Å². The number of hydrogen-bond donors (Lipinski definition) is 2. The first-order valence-electron chi connectivity index (χ1n) is 9.52. The van der Waals surface area contributed by atoms with Crippen molar-refractivity contribution in [2.75, 3.05) is 32.7 Å². The molecule has 0 spiro atoms. The maximum absolute atomic E-state index is 12.1. The molecule has 1 saturated carbocycles. The fourth-order valence-electron chi connectivity index (χ4n) is 3.93. The molecule has 1 aliphatic heterocycles. The molecule has 2 rings (SSSR count). The van der Waals surface area contributed by atoms with Crippen molar-refractivity contribution in [2.45, 2.75) is 77.0 Å². The van der Waals surface area contributed by atoms with E-state index in [1.165, 1.54) is 19.3 Å². The highest BCUT2D eigenvalue weighted by Crippen LogP contribution is 2.17. The van der Waals surface area contributed by atoms with E-state index in [1.54, 1.807) is 0 Å². The number of nitrogens with one attached hydrogen (secondary N) is 1. The molecule has 2 atom stereocenters. The van der Waals surface area contributed by atoms with E-state index in [1.807, 2.05) is 6.92 Å². The summed E-state index contributed by atoms with van der Waals surface area (Å²) in [4.78, 5) is 16.9. The van der Waals surface area contributed by atoms with Gasteiger partial charge in [0.2, 0.25) is 5.91 Å². The van der Waals surface area contributed by atoms with Crippen LogP contribution in [0, 0.1) is 0 Å². The van der Waals surface area contributed by atoms with Crippen LogP contribution in [-0.4, -0.2) is 71.7 Å². The molecule has 1 saturated heterocycles. The summed E-state index contributed by atoms with van der Waals surface area (Å²) >= 11 is 0. The Morgan fingerprint density at radius 2 is 2.00 bits per heavy atom. The highest BCUT2D eigenvalue weighted by molar-refractivity contribution is 5.76. The first kappa shape index (κ1) is 18.7. The Morgan fingerprint density at radius 3 is 2.65 bits per heavy atom. The third-order valence-electron chi connectivity index (χ3n) is 5.28. The number of carbonyl (C=O) groups is 1. The van der Waals surface area contributed by atoms with Gasteiger partial charge in [-0.15, -0.1) is 0 Å². The molecule has 2 aliphatic rings. The molecular formula is C18H35N3O2. The van der Waals surface area contributed by atoms with Crippen LogP contribution in [0.4, 0.5) is 0 Å². The molecule has 0 aromatic heterocycles. The standard InChI is InChI=1S/C18H35N3O2/c1-3-17-14-20(11-12-21(17)13-15(2)22)10-9-18(23)19-16-7-5-4-6-8-16/h15-17,22H,3-14H2,1-2H3,(H,19,23). The second kappa shape index (κ2) is 9.60. The Bertz CT molecular complexity index is 356. The summed E-state index contributed by atoms with van der Waals surface area (Å²) in [5.41, 5.74) is 0. The van der Waals surface area contributed by atoms with Crippen LogP contribution in [0.15, 0.2) is 0 Å². The molecule has 134 valence electrons. The molecule has 2 N–H and O–H groups in total. The van der Waals surface area contributed by atoms with Crippen molar-refractivity contribution in [3.63, 3.8) is 0 Å². The van der Waals surface area contributed by atoms with Crippen molar-refractivity contribution >= 4 is 5.91 Å². The molecule has 1 heterocycles. The van der Waals surface area contributed by atoms with Gasteiger partial charge in [0, 0.05) is 51.2 Å². The molecule has 5 nitrogen and oxygen atoms in total. The van der Waals surface area contributed by atoms with Crippen molar-refractivity contribution in [2.24, 2.45) is 0 Å². The van der Waals surface area contributed by atoms with Crippen molar-refractivity contribution in [1.82, 2.24) is 15.1 Å². The van der Waals surface area contributed by atoms with Crippen LogP contribution < -0.4 is 5.32 Å². The lowest BCUT2D eigenvalue weighted by Crippen LogP contribution is -2.54. The van der Waals surface area contributed by atoms with E-state index in [-0.39, 0.29) is 12.0 Å². The Hall–Kier alpha value is -0.650. The van der Waals surface area contributed by atoms with E-state index in [2.05, 4.69) is 22.0 Å². The average molecular weight is 325 g/mol. The van der Waals surface area contributed by atoms with E-state index < -0.39 is 0 Å². The van der Waals surface area contributed by atoms with Crippen LogP contribution in [0.3, 0.4) is 0 Å². The number of amides is 1. The quantitative estimate of drug-likeness (QED) is 0.746. The molecule has 1 aliphatic carbocycles. The first-order chi connectivity index (χ1) is 11.1. The van der Waals surface area contributed by atoms with Gasteiger partial charge in [-0.2, -0.15) is 0 Å². The number of piperazine rings is 1. The molecule has 23 heavy (non-hydrogen) atoms. The topological polar surface area (TPSA) is 55.8 Å². The smallest absolute Gasteiger partial charge is 0.221 e. The summed E-state index contributed by atoms with van der Waals surface area (Å²) in [6, 6.07) is 0.919. The van der Waals surface area contributed by atoms with Crippen LogP contribution in [0.2, 0.25) is 0 Å².